The van der Waals surface area contributed by atoms with Crippen LogP contribution in [0.4, 0.5) is 0 Å². The van der Waals surface area contributed by atoms with Crippen LogP contribution < -0.4 is 5.63 Å². The maximum Gasteiger partial charge on any atom is 0.358 e. The fraction of sp³-hybridized carbons (Fsp3) is 0.125. The van der Waals surface area contributed by atoms with Crippen LogP contribution in [-0.4, -0.2) is 4.98 Å². The molecule has 1 aromatic heterocycles. The lowest BCUT2D eigenvalue weighted by Crippen LogP contribution is -2.11. The minimum Gasteiger partial charge on any atom is -0.420 e. The maximum atomic E-state index is 11.8. The first-order chi connectivity index (χ1) is 9.33. The van der Waals surface area contributed by atoms with Crippen LogP contribution >= 0.6 is 0 Å². The molecular formula is C16H13NO2. The highest BCUT2D eigenvalue weighted by Gasteiger charge is 2.06. The molecule has 94 valence electrons. The Balaban J connectivity index is 1.89. The van der Waals surface area contributed by atoms with E-state index in [2.05, 4.69) is 4.98 Å². The van der Waals surface area contributed by atoms with Crippen molar-refractivity contribution in [2.24, 2.45) is 0 Å². The Bertz CT molecular complexity index is 747. The molecule has 3 rings (SSSR count). The highest BCUT2D eigenvalue weighted by atomic mass is 16.4. The van der Waals surface area contributed by atoms with Gasteiger partial charge in [0.2, 0.25) is 0 Å². The number of rotatable bonds is 3. The molecule has 0 atom stereocenters. The monoisotopic (exact) mass is 251 g/mol. The Morgan fingerprint density at radius 2 is 1.63 bits per heavy atom. The molecule has 0 saturated carbocycles. The van der Waals surface area contributed by atoms with Gasteiger partial charge in [0.1, 0.15) is 11.2 Å². The van der Waals surface area contributed by atoms with Gasteiger partial charge in [-0.25, -0.2) is 9.78 Å². The zero-order valence-electron chi connectivity index (χ0n) is 10.4. The molecular weight excluding hydrogens is 238 g/mol. The third-order valence-corrected chi connectivity index (χ3v) is 3.05. The largest absolute Gasteiger partial charge is 0.420 e. The first-order valence-electron chi connectivity index (χ1n) is 6.25. The van der Waals surface area contributed by atoms with E-state index >= 15 is 0 Å². The van der Waals surface area contributed by atoms with Gasteiger partial charge in [0.15, 0.2) is 5.58 Å². The first kappa shape index (κ1) is 11.7. The molecule has 1 heterocycles. The van der Waals surface area contributed by atoms with E-state index in [4.69, 9.17) is 4.42 Å². The summed E-state index contributed by atoms with van der Waals surface area (Å²) in [5.74, 6) is 0. The van der Waals surface area contributed by atoms with Crippen molar-refractivity contribution < 1.29 is 4.42 Å². The molecule has 0 fully saturated rings. The van der Waals surface area contributed by atoms with Crippen molar-refractivity contribution in [3.63, 3.8) is 0 Å². The molecule has 2 aromatic carbocycles. The summed E-state index contributed by atoms with van der Waals surface area (Å²) >= 11 is 0. The van der Waals surface area contributed by atoms with Crippen LogP contribution in [0.3, 0.4) is 0 Å². The SMILES string of the molecule is O=c1oc2ccccc2nc1CCc1ccccc1. The molecule has 0 aliphatic carbocycles. The van der Waals surface area contributed by atoms with Gasteiger partial charge in [-0.1, -0.05) is 42.5 Å². The fourth-order valence-electron chi connectivity index (χ4n) is 2.05. The summed E-state index contributed by atoms with van der Waals surface area (Å²) in [6.45, 7) is 0. The minimum atomic E-state index is -0.338. The second-order valence-corrected chi connectivity index (χ2v) is 4.40. The van der Waals surface area contributed by atoms with Crippen molar-refractivity contribution >= 4 is 11.1 Å². The third-order valence-electron chi connectivity index (χ3n) is 3.05. The highest BCUT2D eigenvalue weighted by Crippen LogP contribution is 2.10. The van der Waals surface area contributed by atoms with Gasteiger partial charge in [-0.3, -0.25) is 0 Å². The number of aryl methyl sites for hydroxylation is 2. The summed E-state index contributed by atoms with van der Waals surface area (Å²) in [6, 6.07) is 17.4. The van der Waals surface area contributed by atoms with Gasteiger partial charge >= 0.3 is 5.63 Å². The average Bonchev–Trinajstić information content (AvgIpc) is 2.46. The standard InChI is InChI=1S/C16H13NO2/c18-16-14(11-10-12-6-2-1-3-7-12)17-13-8-4-5-9-15(13)19-16/h1-9H,10-11H2. The van der Waals surface area contributed by atoms with Crippen LogP contribution in [0.2, 0.25) is 0 Å². The zero-order chi connectivity index (χ0) is 13.1. The molecule has 0 amide bonds. The van der Waals surface area contributed by atoms with Crippen LogP contribution in [0.1, 0.15) is 11.3 Å². The van der Waals surface area contributed by atoms with Gasteiger partial charge in [-0.05, 0) is 24.1 Å². The zero-order valence-corrected chi connectivity index (χ0v) is 10.4. The molecule has 3 nitrogen and oxygen atoms in total. The Labute approximate surface area is 110 Å². The average molecular weight is 251 g/mol. The Morgan fingerprint density at radius 1 is 0.895 bits per heavy atom. The van der Waals surface area contributed by atoms with E-state index in [-0.39, 0.29) is 5.63 Å². The van der Waals surface area contributed by atoms with E-state index in [9.17, 15) is 4.79 Å². The molecule has 0 saturated heterocycles. The van der Waals surface area contributed by atoms with Crippen molar-refractivity contribution in [3.8, 4) is 0 Å². The molecule has 0 N–H and O–H groups in total. The van der Waals surface area contributed by atoms with Crippen LogP contribution in [0, 0.1) is 0 Å². The molecule has 3 heteroatoms. The smallest absolute Gasteiger partial charge is 0.358 e. The summed E-state index contributed by atoms with van der Waals surface area (Å²) in [4.78, 5) is 16.2. The lowest BCUT2D eigenvalue weighted by molar-refractivity contribution is 0.540. The van der Waals surface area contributed by atoms with Crippen molar-refractivity contribution in [2.75, 3.05) is 0 Å². The van der Waals surface area contributed by atoms with Crippen molar-refractivity contribution in [3.05, 3.63) is 76.3 Å². The van der Waals surface area contributed by atoms with Gasteiger partial charge in [0.05, 0.1) is 0 Å². The number of hydrogen-bond donors (Lipinski definition) is 0. The van der Waals surface area contributed by atoms with Gasteiger partial charge in [0.25, 0.3) is 0 Å². The van der Waals surface area contributed by atoms with Gasteiger partial charge < -0.3 is 4.42 Å². The van der Waals surface area contributed by atoms with Gasteiger partial charge in [-0.15, -0.1) is 0 Å². The van der Waals surface area contributed by atoms with Gasteiger partial charge in [-0.2, -0.15) is 0 Å². The second kappa shape index (κ2) is 5.06. The van der Waals surface area contributed by atoms with E-state index in [0.717, 1.165) is 11.9 Å². The quantitative estimate of drug-likeness (QED) is 0.718. The number of hydrogen-bond acceptors (Lipinski definition) is 3. The molecule has 3 aromatic rings. The maximum absolute atomic E-state index is 11.8. The minimum absolute atomic E-state index is 0.338. The fourth-order valence-corrected chi connectivity index (χ4v) is 2.05. The molecule has 0 aliphatic rings. The molecule has 0 radical (unpaired) electrons. The van der Waals surface area contributed by atoms with Crippen molar-refractivity contribution in [2.45, 2.75) is 12.8 Å². The van der Waals surface area contributed by atoms with Gasteiger partial charge in [0, 0.05) is 6.42 Å². The van der Waals surface area contributed by atoms with Crippen molar-refractivity contribution in [1.29, 1.82) is 0 Å². The lowest BCUT2D eigenvalue weighted by atomic mass is 10.1. The lowest BCUT2D eigenvalue weighted by Gasteiger charge is -2.01. The van der Waals surface area contributed by atoms with Crippen LogP contribution in [-0.2, 0) is 12.8 Å². The summed E-state index contributed by atoms with van der Waals surface area (Å²) in [5, 5.41) is 0. The number of benzene rings is 2. The summed E-state index contributed by atoms with van der Waals surface area (Å²) < 4.78 is 5.26. The number of fused-ring (bicyclic) bond motifs is 1. The summed E-state index contributed by atoms with van der Waals surface area (Å²) in [5.41, 5.74) is 2.61. The molecule has 0 spiro atoms. The number of nitrogens with zero attached hydrogens (tertiary/aromatic N) is 1. The highest BCUT2D eigenvalue weighted by molar-refractivity contribution is 5.71. The Kier molecular flexibility index (Phi) is 3.11. The predicted molar refractivity (Wildman–Crippen MR) is 74.1 cm³/mol. The first-order valence-corrected chi connectivity index (χ1v) is 6.25. The molecule has 0 unspecified atom stereocenters. The Morgan fingerprint density at radius 3 is 2.47 bits per heavy atom. The van der Waals surface area contributed by atoms with Crippen LogP contribution in [0.15, 0.2) is 63.8 Å². The predicted octanol–water partition coefficient (Wildman–Crippen LogP) is 2.97. The molecule has 19 heavy (non-hydrogen) atoms. The second-order valence-electron chi connectivity index (χ2n) is 4.40. The third kappa shape index (κ3) is 2.55. The normalized spacial score (nSPS) is 10.7. The Hall–Kier alpha value is -2.42. The molecule has 0 aliphatic heterocycles. The summed E-state index contributed by atoms with van der Waals surface area (Å²) in [7, 11) is 0. The van der Waals surface area contributed by atoms with Crippen LogP contribution in [0.25, 0.3) is 11.1 Å². The van der Waals surface area contributed by atoms with E-state index in [0.29, 0.717) is 17.7 Å². The number of para-hydroxylation sites is 2. The summed E-state index contributed by atoms with van der Waals surface area (Å²) in [6.07, 6.45) is 1.38. The van der Waals surface area contributed by atoms with E-state index in [1.807, 2.05) is 48.5 Å². The topological polar surface area (TPSA) is 43.1 Å². The number of aromatic nitrogens is 1. The van der Waals surface area contributed by atoms with Crippen LogP contribution in [0.5, 0.6) is 0 Å². The van der Waals surface area contributed by atoms with E-state index < -0.39 is 0 Å². The molecule has 0 bridgehead atoms. The van der Waals surface area contributed by atoms with Crippen molar-refractivity contribution in [1.82, 2.24) is 4.98 Å². The van der Waals surface area contributed by atoms with E-state index in [1.54, 1.807) is 6.07 Å². The van der Waals surface area contributed by atoms with E-state index in [1.165, 1.54) is 5.56 Å².